The first-order valence-electron chi connectivity index (χ1n) is 8.12. The molecule has 1 saturated heterocycles. The highest BCUT2D eigenvalue weighted by molar-refractivity contribution is 4.86. The minimum atomic E-state index is 0.497. The Labute approximate surface area is 115 Å². The lowest BCUT2D eigenvalue weighted by Gasteiger charge is -2.36. The largest absolute Gasteiger partial charge is 0.316 e. The van der Waals surface area contributed by atoms with Crippen LogP contribution in [0.4, 0.5) is 0 Å². The molecule has 0 radical (unpaired) electrons. The summed E-state index contributed by atoms with van der Waals surface area (Å²) in [6.07, 6.45) is 6.80. The second-order valence-corrected chi connectivity index (χ2v) is 6.17. The lowest BCUT2D eigenvalue weighted by atomic mass is 9.81. The zero-order chi connectivity index (χ0) is 13.4. The summed E-state index contributed by atoms with van der Waals surface area (Å²) in [6, 6.07) is 0. The van der Waals surface area contributed by atoms with Gasteiger partial charge in [-0.2, -0.15) is 0 Å². The molecule has 0 aromatic carbocycles. The van der Waals surface area contributed by atoms with Crippen LogP contribution < -0.4 is 5.32 Å². The van der Waals surface area contributed by atoms with Gasteiger partial charge in [0.25, 0.3) is 0 Å². The molecule has 0 aromatic heterocycles. The molecular formula is C16H34N2. The molecule has 0 amide bonds. The first-order chi connectivity index (χ1) is 8.69. The molecule has 0 aromatic rings. The normalized spacial score (nSPS) is 21.7. The Balaban J connectivity index is 2.46. The molecule has 0 aliphatic carbocycles. The molecule has 2 heteroatoms. The van der Waals surface area contributed by atoms with E-state index >= 15 is 0 Å². The van der Waals surface area contributed by atoms with Gasteiger partial charge in [0, 0.05) is 19.6 Å². The molecular weight excluding hydrogens is 220 g/mol. The molecule has 1 N–H and O–H groups in total. The van der Waals surface area contributed by atoms with Crippen LogP contribution >= 0.6 is 0 Å². The molecule has 108 valence electrons. The Bertz CT molecular complexity index is 211. The van der Waals surface area contributed by atoms with Gasteiger partial charge in [0.05, 0.1) is 0 Å². The van der Waals surface area contributed by atoms with Crippen molar-refractivity contribution in [1.82, 2.24) is 10.2 Å². The second kappa shape index (κ2) is 8.16. The number of hydrogen-bond acceptors (Lipinski definition) is 2. The van der Waals surface area contributed by atoms with Crippen molar-refractivity contribution in [3.05, 3.63) is 0 Å². The Hall–Kier alpha value is -0.0800. The van der Waals surface area contributed by atoms with Crippen molar-refractivity contribution in [2.24, 2.45) is 11.3 Å². The number of hydrogen-bond donors (Lipinski definition) is 1. The van der Waals surface area contributed by atoms with Crippen molar-refractivity contribution >= 4 is 0 Å². The zero-order valence-corrected chi connectivity index (χ0v) is 13.1. The van der Waals surface area contributed by atoms with Gasteiger partial charge in [0.2, 0.25) is 0 Å². The van der Waals surface area contributed by atoms with Gasteiger partial charge < -0.3 is 10.2 Å². The molecule has 1 unspecified atom stereocenters. The summed E-state index contributed by atoms with van der Waals surface area (Å²) in [4.78, 5) is 2.73. The fourth-order valence-corrected chi connectivity index (χ4v) is 3.34. The second-order valence-electron chi connectivity index (χ2n) is 6.17. The lowest BCUT2D eigenvalue weighted by Crippen LogP contribution is -2.43. The quantitative estimate of drug-likeness (QED) is 0.677. The highest BCUT2D eigenvalue weighted by Crippen LogP contribution is 2.30. The lowest BCUT2D eigenvalue weighted by molar-refractivity contribution is 0.151. The van der Waals surface area contributed by atoms with E-state index in [0.29, 0.717) is 5.41 Å². The summed E-state index contributed by atoms with van der Waals surface area (Å²) in [5.74, 6) is 0.973. The molecule has 1 aliphatic heterocycles. The van der Waals surface area contributed by atoms with Crippen LogP contribution in [0.3, 0.4) is 0 Å². The fourth-order valence-electron chi connectivity index (χ4n) is 3.34. The van der Waals surface area contributed by atoms with Crippen molar-refractivity contribution in [1.29, 1.82) is 0 Å². The zero-order valence-electron chi connectivity index (χ0n) is 13.1. The maximum Gasteiger partial charge on any atom is 0.00501 e. The summed E-state index contributed by atoms with van der Waals surface area (Å²) in [5.41, 5.74) is 0.497. The van der Waals surface area contributed by atoms with Crippen LogP contribution in [0, 0.1) is 11.3 Å². The van der Waals surface area contributed by atoms with Crippen molar-refractivity contribution < 1.29 is 0 Å². The summed E-state index contributed by atoms with van der Waals surface area (Å²) in [5, 5.41) is 3.57. The van der Waals surface area contributed by atoms with E-state index in [2.05, 4.69) is 37.9 Å². The number of rotatable bonds is 9. The molecule has 1 rings (SSSR count). The maximum absolute atomic E-state index is 3.57. The molecule has 1 aliphatic rings. The SMILES string of the molecule is CCCC1CCN(CC(CC)(CC)CNCC)C1. The van der Waals surface area contributed by atoms with E-state index in [0.717, 1.165) is 12.5 Å². The monoisotopic (exact) mass is 254 g/mol. The van der Waals surface area contributed by atoms with Crippen molar-refractivity contribution in [2.75, 3.05) is 32.7 Å². The maximum atomic E-state index is 3.57. The van der Waals surface area contributed by atoms with Gasteiger partial charge in [-0.15, -0.1) is 0 Å². The minimum absolute atomic E-state index is 0.497. The van der Waals surface area contributed by atoms with Gasteiger partial charge in [-0.25, -0.2) is 0 Å². The minimum Gasteiger partial charge on any atom is -0.316 e. The van der Waals surface area contributed by atoms with Crippen molar-refractivity contribution in [3.63, 3.8) is 0 Å². The van der Waals surface area contributed by atoms with Gasteiger partial charge in [-0.3, -0.25) is 0 Å². The van der Waals surface area contributed by atoms with Gasteiger partial charge in [0.1, 0.15) is 0 Å². The number of likely N-dealkylation sites (tertiary alicyclic amines) is 1. The van der Waals surface area contributed by atoms with E-state index in [9.17, 15) is 0 Å². The van der Waals surface area contributed by atoms with E-state index in [1.807, 2.05) is 0 Å². The Kier molecular flexibility index (Phi) is 7.25. The molecule has 2 nitrogen and oxygen atoms in total. The third kappa shape index (κ3) is 4.55. The number of nitrogens with zero attached hydrogens (tertiary/aromatic N) is 1. The molecule has 1 fully saturated rings. The van der Waals surface area contributed by atoms with Gasteiger partial charge >= 0.3 is 0 Å². The summed E-state index contributed by atoms with van der Waals surface area (Å²) in [6.45, 7) is 15.5. The smallest absolute Gasteiger partial charge is 0.00501 e. The van der Waals surface area contributed by atoms with E-state index < -0.39 is 0 Å². The first-order valence-corrected chi connectivity index (χ1v) is 8.12. The van der Waals surface area contributed by atoms with Crippen LogP contribution in [0.2, 0.25) is 0 Å². The summed E-state index contributed by atoms with van der Waals surface area (Å²) >= 11 is 0. The summed E-state index contributed by atoms with van der Waals surface area (Å²) in [7, 11) is 0. The van der Waals surface area contributed by atoms with Gasteiger partial charge in [0.15, 0.2) is 0 Å². The van der Waals surface area contributed by atoms with Crippen LogP contribution in [-0.2, 0) is 0 Å². The van der Waals surface area contributed by atoms with Crippen LogP contribution in [-0.4, -0.2) is 37.6 Å². The third-order valence-corrected chi connectivity index (χ3v) is 4.88. The fraction of sp³-hybridized carbons (Fsp3) is 1.00. The van der Waals surface area contributed by atoms with Crippen LogP contribution in [0.5, 0.6) is 0 Å². The first kappa shape index (κ1) is 16.0. The van der Waals surface area contributed by atoms with E-state index in [1.165, 1.54) is 58.3 Å². The molecule has 0 saturated carbocycles. The highest BCUT2D eigenvalue weighted by atomic mass is 15.2. The molecule has 1 atom stereocenters. The predicted octanol–water partition coefficient (Wildman–Crippen LogP) is 3.52. The Morgan fingerprint density at radius 2 is 1.89 bits per heavy atom. The molecule has 1 heterocycles. The van der Waals surface area contributed by atoms with E-state index in [4.69, 9.17) is 0 Å². The summed E-state index contributed by atoms with van der Waals surface area (Å²) < 4.78 is 0. The third-order valence-electron chi connectivity index (χ3n) is 4.88. The molecule has 0 spiro atoms. The van der Waals surface area contributed by atoms with Crippen LogP contribution in [0.15, 0.2) is 0 Å². The van der Waals surface area contributed by atoms with Crippen molar-refractivity contribution in [2.45, 2.75) is 59.8 Å². The average Bonchev–Trinajstić information content (AvgIpc) is 2.82. The Morgan fingerprint density at radius 1 is 1.17 bits per heavy atom. The topological polar surface area (TPSA) is 15.3 Å². The highest BCUT2D eigenvalue weighted by Gasteiger charge is 2.31. The number of nitrogens with one attached hydrogen (secondary N) is 1. The van der Waals surface area contributed by atoms with Crippen LogP contribution in [0.1, 0.15) is 59.8 Å². The van der Waals surface area contributed by atoms with E-state index in [-0.39, 0.29) is 0 Å². The Morgan fingerprint density at radius 3 is 2.44 bits per heavy atom. The van der Waals surface area contributed by atoms with E-state index in [1.54, 1.807) is 0 Å². The van der Waals surface area contributed by atoms with Gasteiger partial charge in [-0.05, 0) is 50.1 Å². The van der Waals surface area contributed by atoms with Crippen LogP contribution in [0.25, 0.3) is 0 Å². The predicted molar refractivity (Wildman–Crippen MR) is 81.0 cm³/mol. The van der Waals surface area contributed by atoms with Gasteiger partial charge in [-0.1, -0.05) is 34.1 Å². The van der Waals surface area contributed by atoms with Crippen molar-refractivity contribution in [3.8, 4) is 0 Å². The average molecular weight is 254 g/mol. The molecule has 18 heavy (non-hydrogen) atoms. The standard InChI is InChI=1S/C16H34N2/c1-5-9-15-10-11-18(12-15)14-16(6-2,7-3)13-17-8-4/h15,17H,5-14H2,1-4H3. The molecule has 0 bridgehead atoms.